The molecule has 5 rings (SSSR count). The van der Waals surface area contributed by atoms with E-state index in [0.717, 1.165) is 39.2 Å². The van der Waals surface area contributed by atoms with E-state index in [0.29, 0.717) is 10.6 Å². The molecule has 0 radical (unpaired) electrons. The van der Waals surface area contributed by atoms with Crippen molar-refractivity contribution in [2.75, 3.05) is 18.0 Å². The first kappa shape index (κ1) is 18.8. The molecular weight excluding hydrogens is 418 g/mol. The largest absolute Gasteiger partial charge is 0.478 e. The molecule has 1 fully saturated rings. The summed E-state index contributed by atoms with van der Waals surface area (Å²) in [6.45, 7) is 2.03. The van der Waals surface area contributed by atoms with Gasteiger partial charge in [0.2, 0.25) is 5.13 Å². The van der Waals surface area contributed by atoms with E-state index in [1.807, 2.05) is 30.3 Å². The number of azo groups is 1. The van der Waals surface area contributed by atoms with Gasteiger partial charge in [0.25, 0.3) is 0 Å². The van der Waals surface area contributed by atoms with E-state index >= 15 is 0 Å². The Balaban J connectivity index is 1.50. The molecule has 4 aromatic rings. The molecule has 30 heavy (non-hydrogen) atoms. The van der Waals surface area contributed by atoms with Gasteiger partial charge in [0.1, 0.15) is 5.69 Å². The van der Waals surface area contributed by atoms with Crippen molar-refractivity contribution >= 4 is 54.1 Å². The highest BCUT2D eigenvalue weighted by atomic mass is 32.1. The molecular formula is C21H17N5O2S2. The number of nitrogens with zero attached hydrogens (tertiary/aromatic N) is 5. The van der Waals surface area contributed by atoms with Crippen LogP contribution in [0.15, 0.2) is 58.8 Å². The number of carboxylic acids is 1. The lowest BCUT2D eigenvalue weighted by Gasteiger charge is -2.11. The minimum absolute atomic E-state index is 0.235. The number of thiazole rings is 2. The van der Waals surface area contributed by atoms with E-state index < -0.39 is 5.97 Å². The molecule has 1 aliphatic rings. The number of fused-ring (bicyclic) bond motifs is 1. The van der Waals surface area contributed by atoms with Crippen LogP contribution in [0.4, 0.5) is 15.3 Å². The maximum absolute atomic E-state index is 11.2. The number of rotatable bonds is 5. The summed E-state index contributed by atoms with van der Waals surface area (Å²) in [6.07, 6.45) is 2.36. The first-order chi connectivity index (χ1) is 14.7. The Morgan fingerprint density at radius 1 is 1.00 bits per heavy atom. The third kappa shape index (κ3) is 3.69. The van der Waals surface area contributed by atoms with E-state index in [2.05, 4.69) is 20.1 Å². The van der Waals surface area contributed by atoms with Crippen molar-refractivity contribution in [1.82, 2.24) is 9.97 Å². The topological polar surface area (TPSA) is 91.0 Å². The molecule has 150 valence electrons. The second kappa shape index (κ2) is 7.92. The summed E-state index contributed by atoms with van der Waals surface area (Å²) >= 11 is 2.86. The molecule has 9 heteroatoms. The predicted octanol–water partition coefficient (Wildman–Crippen LogP) is 6.13. The van der Waals surface area contributed by atoms with E-state index in [4.69, 9.17) is 10.1 Å². The normalized spacial score (nSPS) is 14.2. The van der Waals surface area contributed by atoms with Crippen LogP contribution < -0.4 is 4.90 Å². The second-order valence-corrected chi connectivity index (χ2v) is 8.86. The molecule has 7 nitrogen and oxygen atoms in total. The number of aromatic nitrogens is 2. The summed E-state index contributed by atoms with van der Waals surface area (Å²) in [5.74, 6) is -0.958. The van der Waals surface area contributed by atoms with Crippen LogP contribution in [0, 0.1) is 0 Å². The summed E-state index contributed by atoms with van der Waals surface area (Å²) in [4.78, 5) is 22.8. The van der Waals surface area contributed by atoms with Crippen LogP contribution >= 0.6 is 22.7 Å². The first-order valence-electron chi connectivity index (χ1n) is 9.54. The zero-order valence-corrected chi connectivity index (χ0v) is 17.5. The molecule has 0 bridgehead atoms. The minimum Gasteiger partial charge on any atom is -0.478 e. The molecule has 0 aliphatic carbocycles. The summed E-state index contributed by atoms with van der Waals surface area (Å²) in [7, 11) is 0. The first-order valence-corrected chi connectivity index (χ1v) is 11.2. The molecule has 0 saturated carbocycles. The quantitative estimate of drug-likeness (QED) is 0.381. The maximum Gasteiger partial charge on any atom is 0.335 e. The van der Waals surface area contributed by atoms with E-state index in [-0.39, 0.29) is 5.56 Å². The SMILES string of the molecule is O=C(O)c1ccc2nc(N=Nc3sc(N4CCCC4)nc3-c3ccccc3)sc2c1. The third-order valence-electron chi connectivity index (χ3n) is 4.87. The molecule has 1 saturated heterocycles. The summed E-state index contributed by atoms with van der Waals surface area (Å²) in [6, 6.07) is 14.8. The highest BCUT2D eigenvalue weighted by Crippen LogP contribution is 2.41. The van der Waals surface area contributed by atoms with Crippen molar-refractivity contribution in [2.45, 2.75) is 12.8 Å². The smallest absolute Gasteiger partial charge is 0.335 e. The van der Waals surface area contributed by atoms with Gasteiger partial charge in [0.15, 0.2) is 10.1 Å². The Hall–Kier alpha value is -3.17. The molecule has 0 spiro atoms. The fourth-order valence-corrected chi connectivity index (χ4v) is 5.16. The van der Waals surface area contributed by atoms with Gasteiger partial charge in [-0.2, -0.15) is 0 Å². The molecule has 1 N–H and O–H groups in total. The standard InChI is InChI=1S/C21H17N5O2S2/c27-19(28)14-8-9-15-16(12-14)29-20(22-15)25-24-18-17(13-6-2-1-3-7-13)23-21(30-18)26-10-4-5-11-26/h1-3,6-9,12H,4-5,10-11H2,(H,27,28). The lowest BCUT2D eigenvalue weighted by Crippen LogP contribution is -2.17. The zero-order chi connectivity index (χ0) is 20.5. The van der Waals surface area contributed by atoms with E-state index in [9.17, 15) is 4.79 Å². The Kier molecular flexibility index (Phi) is 4.97. The molecule has 2 aromatic carbocycles. The van der Waals surface area contributed by atoms with Crippen molar-refractivity contribution < 1.29 is 9.90 Å². The average Bonchev–Trinajstić information content (AvgIpc) is 3.51. The Morgan fingerprint density at radius 3 is 2.57 bits per heavy atom. The number of aromatic carboxylic acids is 1. The van der Waals surface area contributed by atoms with Crippen LogP contribution in [-0.2, 0) is 0 Å². The van der Waals surface area contributed by atoms with Crippen molar-refractivity contribution in [3.8, 4) is 11.3 Å². The summed E-state index contributed by atoms with van der Waals surface area (Å²) in [5, 5.41) is 20.2. The van der Waals surface area contributed by atoms with E-state index in [1.54, 1.807) is 18.2 Å². The molecule has 2 aromatic heterocycles. The molecule has 0 unspecified atom stereocenters. The second-order valence-electron chi connectivity index (χ2n) is 6.89. The van der Waals surface area contributed by atoms with Gasteiger partial charge in [-0.15, -0.1) is 10.2 Å². The zero-order valence-electron chi connectivity index (χ0n) is 15.9. The minimum atomic E-state index is -0.958. The van der Waals surface area contributed by atoms with Gasteiger partial charge < -0.3 is 10.0 Å². The van der Waals surface area contributed by atoms with Crippen molar-refractivity contribution in [3.63, 3.8) is 0 Å². The van der Waals surface area contributed by atoms with Crippen molar-refractivity contribution in [2.24, 2.45) is 10.2 Å². The van der Waals surface area contributed by atoms with Gasteiger partial charge in [-0.05, 0) is 31.0 Å². The lowest BCUT2D eigenvalue weighted by atomic mass is 10.2. The highest BCUT2D eigenvalue weighted by molar-refractivity contribution is 7.22. The number of carboxylic acid groups (broad SMARTS) is 1. The Labute approximate surface area is 180 Å². The predicted molar refractivity (Wildman–Crippen MR) is 120 cm³/mol. The van der Waals surface area contributed by atoms with Gasteiger partial charge in [-0.25, -0.2) is 14.8 Å². The summed E-state index contributed by atoms with van der Waals surface area (Å²) in [5.41, 5.74) is 2.77. The van der Waals surface area contributed by atoms with Gasteiger partial charge in [0, 0.05) is 18.7 Å². The van der Waals surface area contributed by atoms with Gasteiger partial charge in [-0.1, -0.05) is 53.0 Å². The van der Waals surface area contributed by atoms with Crippen molar-refractivity contribution in [1.29, 1.82) is 0 Å². The van der Waals surface area contributed by atoms with Gasteiger partial charge in [0.05, 0.1) is 15.8 Å². The summed E-state index contributed by atoms with van der Waals surface area (Å²) < 4.78 is 0.772. The molecule has 0 atom stereocenters. The van der Waals surface area contributed by atoms with E-state index in [1.165, 1.54) is 35.5 Å². The van der Waals surface area contributed by atoms with Gasteiger partial charge in [-0.3, -0.25) is 0 Å². The van der Waals surface area contributed by atoms with Crippen LogP contribution in [0.25, 0.3) is 21.5 Å². The number of hydrogen-bond acceptors (Lipinski definition) is 8. The van der Waals surface area contributed by atoms with Crippen LogP contribution in [0.2, 0.25) is 0 Å². The maximum atomic E-state index is 11.2. The van der Waals surface area contributed by atoms with Gasteiger partial charge >= 0.3 is 5.97 Å². The number of anilines is 1. The third-order valence-corrected chi connectivity index (χ3v) is 6.78. The fourth-order valence-electron chi connectivity index (χ4n) is 3.37. The lowest BCUT2D eigenvalue weighted by molar-refractivity contribution is 0.0697. The number of carbonyl (C=O) groups is 1. The van der Waals surface area contributed by atoms with Crippen LogP contribution in [-0.4, -0.2) is 34.1 Å². The fraction of sp³-hybridized carbons (Fsp3) is 0.190. The molecule has 1 aliphatic heterocycles. The highest BCUT2D eigenvalue weighted by Gasteiger charge is 2.20. The van der Waals surface area contributed by atoms with Crippen LogP contribution in [0.3, 0.4) is 0 Å². The number of benzene rings is 2. The monoisotopic (exact) mass is 435 g/mol. The molecule has 0 amide bonds. The Bertz CT molecular complexity index is 1240. The Morgan fingerprint density at radius 2 is 1.80 bits per heavy atom. The molecule has 3 heterocycles. The van der Waals surface area contributed by atoms with Crippen LogP contribution in [0.5, 0.6) is 0 Å². The average molecular weight is 436 g/mol. The van der Waals surface area contributed by atoms with Crippen molar-refractivity contribution in [3.05, 3.63) is 54.1 Å². The van der Waals surface area contributed by atoms with Crippen LogP contribution in [0.1, 0.15) is 23.2 Å². The number of hydrogen-bond donors (Lipinski definition) is 1.